The molecule has 2 aromatic heterocycles. The molecule has 106 valence electrons. The monoisotopic (exact) mass is 283 g/mol. The van der Waals surface area contributed by atoms with Gasteiger partial charge in [-0.25, -0.2) is 4.98 Å². The van der Waals surface area contributed by atoms with Gasteiger partial charge in [-0.2, -0.15) is 0 Å². The molecule has 0 unspecified atom stereocenters. The van der Waals surface area contributed by atoms with Crippen molar-refractivity contribution in [3.05, 3.63) is 47.9 Å². The Hall–Kier alpha value is -2.91. The lowest BCUT2D eigenvalue weighted by atomic mass is 10.2. The molecule has 21 heavy (non-hydrogen) atoms. The number of aromatic nitrogens is 2. The molecular weight excluding hydrogens is 270 g/mol. The normalized spacial score (nSPS) is 9.57. The maximum absolute atomic E-state index is 12.0. The van der Waals surface area contributed by atoms with Gasteiger partial charge in [0.15, 0.2) is 0 Å². The number of anilines is 1. The quantitative estimate of drug-likeness (QED) is 0.735. The van der Waals surface area contributed by atoms with Gasteiger partial charge in [0.25, 0.3) is 5.91 Å². The topological polar surface area (TPSA) is 95.3 Å². The van der Waals surface area contributed by atoms with Crippen LogP contribution in [0.15, 0.2) is 36.8 Å². The number of aromatic hydroxyl groups is 1. The predicted octanol–water partition coefficient (Wildman–Crippen LogP) is 1.17. The summed E-state index contributed by atoms with van der Waals surface area (Å²) in [4.78, 5) is 19.7. The Morgan fingerprint density at radius 2 is 2.19 bits per heavy atom. The van der Waals surface area contributed by atoms with Crippen molar-refractivity contribution < 1.29 is 15.0 Å². The number of hydrogen-bond acceptors (Lipinski definition) is 5. The maximum Gasteiger partial charge on any atom is 0.260 e. The number of pyridine rings is 2. The molecule has 0 spiro atoms. The highest BCUT2D eigenvalue weighted by Gasteiger charge is 2.11. The number of nitrogens with one attached hydrogen (secondary N) is 1. The van der Waals surface area contributed by atoms with Gasteiger partial charge < -0.3 is 15.5 Å². The lowest BCUT2D eigenvalue weighted by Crippen LogP contribution is -2.13. The van der Waals surface area contributed by atoms with Crippen molar-refractivity contribution in [2.75, 3.05) is 11.9 Å². The third-order valence-corrected chi connectivity index (χ3v) is 2.52. The highest BCUT2D eigenvalue weighted by molar-refractivity contribution is 6.05. The van der Waals surface area contributed by atoms with E-state index in [1.165, 1.54) is 24.7 Å². The van der Waals surface area contributed by atoms with Gasteiger partial charge in [-0.3, -0.25) is 9.78 Å². The number of carbonyl (C=O) groups excluding carboxylic acids is 1. The summed E-state index contributed by atoms with van der Waals surface area (Å²) in [5.74, 6) is 5.28. The first-order valence-corrected chi connectivity index (χ1v) is 6.21. The highest BCUT2D eigenvalue weighted by Crippen LogP contribution is 2.16. The summed E-state index contributed by atoms with van der Waals surface area (Å²) in [5, 5.41) is 20.8. The minimum absolute atomic E-state index is 0.00297. The summed E-state index contributed by atoms with van der Waals surface area (Å²) in [6, 6.07) is 4.72. The lowest BCUT2D eigenvalue weighted by molar-refractivity contribution is 0.102. The molecular formula is C15H13N3O3. The SMILES string of the molecule is O=C(Nc1cc(C#CCCO)ccn1)c1ccncc1O. The molecule has 0 aliphatic carbocycles. The first-order chi connectivity index (χ1) is 10.2. The van der Waals surface area contributed by atoms with E-state index in [1.54, 1.807) is 12.1 Å². The standard InChI is InChI=1S/C15H13N3O3/c19-8-2-1-3-11-4-7-17-14(9-11)18-15(21)12-5-6-16-10-13(12)20/h4-7,9-10,19-20H,2,8H2,(H,17,18,21). The van der Waals surface area contributed by atoms with Crippen LogP contribution in [0.4, 0.5) is 5.82 Å². The molecule has 0 fully saturated rings. The van der Waals surface area contributed by atoms with Gasteiger partial charge in [-0.05, 0) is 18.2 Å². The largest absolute Gasteiger partial charge is 0.505 e. The van der Waals surface area contributed by atoms with Crippen LogP contribution in [0.1, 0.15) is 22.3 Å². The van der Waals surface area contributed by atoms with Crippen LogP contribution >= 0.6 is 0 Å². The Kier molecular flexibility index (Phi) is 4.85. The molecule has 0 saturated heterocycles. The zero-order chi connectivity index (χ0) is 15.1. The highest BCUT2D eigenvalue weighted by atomic mass is 16.3. The van der Waals surface area contributed by atoms with Gasteiger partial charge >= 0.3 is 0 Å². The van der Waals surface area contributed by atoms with Crippen molar-refractivity contribution in [2.24, 2.45) is 0 Å². The Labute approximate surface area is 121 Å². The molecule has 0 radical (unpaired) electrons. The van der Waals surface area contributed by atoms with Crippen LogP contribution in [0.25, 0.3) is 0 Å². The van der Waals surface area contributed by atoms with E-state index < -0.39 is 5.91 Å². The molecule has 0 atom stereocenters. The molecule has 2 heterocycles. The number of hydrogen-bond donors (Lipinski definition) is 3. The second-order valence-corrected chi connectivity index (χ2v) is 4.05. The van der Waals surface area contributed by atoms with E-state index in [2.05, 4.69) is 27.1 Å². The fourth-order valence-electron chi connectivity index (χ4n) is 1.56. The van der Waals surface area contributed by atoms with Crippen LogP contribution in [-0.4, -0.2) is 32.7 Å². The number of aliphatic hydroxyl groups is 1. The maximum atomic E-state index is 12.0. The minimum Gasteiger partial charge on any atom is -0.505 e. The Morgan fingerprint density at radius 1 is 1.33 bits per heavy atom. The average Bonchev–Trinajstić information content (AvgIpc) is 2.48. The van der Waals surface area contributed by atoms with Crippen LogP contribution in [0.2, 0.25) is 0 Å². The molecule has 0 aliphatic rings. The summed E-state index contributed by atoms with van der Waals surface area (Å²) >= 11 is 0. The fourth-order valence-corrected chi connectivity index (χ4v) is 1.56. The molecule has 3 N–H and O–H groups in total. The molecule has 6 nitrogen and oxygen atoms in total. The van der Waals surface area contributed by atoms with Gasteiger partial charge in [-0.1, -0.05) is 11.8 Å². The van der Waals surface area contributed by atoms with E-state index in [0.717, 1.165) is 0 Å². The van der Waals surface area contributed by atoms with Crippen molar-refractivity contribution in [1.82, 2.24) is 9.97 Å². The van der Waals surface area contributed by atoms with Gasteiger partial charge in [0.05, 0.1) is 18.4 Å². The lowest BCUT2D eigenvalue weighted by Gasteiger charge is -2.05. The Bertz CT molecular complexity index is 705. The summed E-state index contributed by atoms with van der Waals surface area (Å²) in [5.41, 5.74) is 0.788. The first-order valence-electron chi connectivity index (χ1n) is 6.21. The number of carbonyl (C=O) groups is 1. The second kappa shape index (κ2) is 7.03. The smallest absolute Gasteiger partial charge is 0.260 e. The van der Waals surface area contributed by atoms with Crippen molar-refractivity contribution in [3.63, 3.8) is 0 Å². The van der Waals surface area contributed by atoms with Gasteiger partial charge in [0.1, 0.15) is 11.6 Å². The van der Waals surface area contributed by atoms with Gasteiger partial charge in [-0.15, -0.1) is 0 Å². The van der Waals surface area contributed by atoms with E-state index in [0.29, 0.717) is 17.8 Å². The third-order valence-electron chi connectivity index (χ3n) is 2.52. The van der Waals surface area contributed by atoms with E-state index >= 15 is 0 Å². The number of nitrogens with zero attached hydrogens (tertiary/aromatic N) is 2. The zero-order valence-electron chi connectivity index (χ0n) is 11.1. The first kappa shape index (κ1) is 14.5. The van der Waals surface area contributed by atoms with Crippen molar-refractivity contribution in [3.8, 4) is 17.6 Å². The van der Waals surface area contributed by atoms with Crippen LogP contribution in [0.5, 0.6) is 5.75 Å². The van der Waals surface area contributed by atoms with E-state index in [-0.39, 0.29) is 17.9 Å². The molecule has 0 saturated carbocycles. The van der Waals surface area contributed by atoms with Crippen LogP contribution in [0.3, 0.4) is 0 Å². The van der Waals surface area contributed by atoms with Crippen molar-refractivity contribution >= 4 is 11.7 Å². The van der Waals surface area contributed by atoms with E-state index in [4.69, 9.17) is 5.11 Å². The Balaban J connectivity index is 2.14. The van der Waals surface area contributed by atoms with Crippen LogP contribution in [0, 0.1) is 11.8 Å². The molecule has 2 aromatic rings. The summed E-state index contributed by atoms with van der Waals surface area (Å²) in [6.45, 7) is 0.00297. The van der Waals surface area contributed by atoms with E-state index in [9.17, 15) is 9.90 Å². The molecule has 1 amide bonds. The molecule has 2 rings (SSSR count). The van der Waals surface area contributed by atoms with E-state index in [1.807, 2.05) is 0 Å². The van der Waals surface area contributed by atoms with Crippen LogP contribution in [-0.2, 0) is 0 Å². The molecule has 0 aromatic carbocycles. The van der Waals surface area contributed by atoms with Crippen LogP contribution < -0.4 is 5.32 Å². The summed E-state index contributed by atoms with van der Waals surface area (Å²) < 4.78 is 0. The molecule has 0 aliphatic heterocycles. The predicted molar refractivity (Wildman–Crippen MR) is 76.7 cm³/mol. The minimum atomic E-state index is -0.483. The van der Waals surface area contributed by atoms with Crippen molar-refractivity contribution in [1.29, 1.82) is 0 Å². The second-order valence-electron chi connectivity index (χ2n) is 4.05. The number of aliphatic hydroxyl groups excluding tert-OH is 1. The third kappa shape index (κ3) is 4.03. The van der Waals surface area contributed by atoms with Crippen molar-refractivity contribution in [2.45, 2.75) is 6.42 Å². The van der Waals surface area contributed by atoms with Gasteiger partial charge in [0, 0.05) is 24.4 Å². The zero-order valence-corrected chi connectivity index (χ0v) is 11.1. The summed E-state index contributed by atoms with van der Waals surface area (Å²) in [7, 11) is 0. The number of rotatable bonds is 3. The Morgan fingerprint density at radius 3 is 2.95 bits per heavy atom. The fraction of sp³-hybridized carbons (Fsp3) is 0.133. The number of amides is 1. The molecule has 6 heteroatoms. The van der Waals surface area contributed by atoms with Gasteiger partial charge in [0.2, 0.25) is 0 Å². The average molecular weight is 283 g/mol. The summed E-state index contributed by atoms with van der Waals surface area (Å²) in [6.07, 6.45) is 4.51. The molecule has 0 bridgehead atoms.